The van der Waals surface area contributed by atoms with Gasteiger partial charge in [-0.25, -0.2) is 0 Å². The molecule has 1 heterocycles. The molecule has 1 amide bonds. The van der Waals surface area contributed by atoms with E-state index in [0.29, 0.717) is 19.6 Å². The van der Waals surface area contributed by atoms with Crippen molar-refractivity contribution in [2.45, 2.75) is 13.8 Å². The smallest absolute Gasteiger partial charge is 0.307 e. The van der Waals surface area contributed by atoms with E-state index in [9.17, 15) is 9.59 Å². The van der Waals surface area contributed by atoms with Crippen LogP contribution in [0.25, 0.3) is 0 Å². The molecule has 1 aliphatic rings. The lowest BCUT2D eigenvalue weighted by molar-refractivity contribution is -0.149. The molecule has 5 nitrogen and oxygen atoms in total. The predicted molar refractivity (Wildman–Crippen MR) is 67.8 cm³/mol. The van der Waals surface area contributed by atoms with E-state index in [4.69, 9.17) is 11.5 Å². The largest absolute Gasteiger partial charge is 0.481 e. The van der Waals surface area contributed by atoms with Crippen LogP contribution >= 0.6 is 0 Å². The van der Waals surface area contributed by atoms with Crippen LogP contribution in [0.3, 0.4) is 0 Å². The second-order valence-electron chi connectivity index (χ2n) is 4.72. The summed E-state index contributed by atoms with van der Waals surface area (Å²) in [7, 11) is 0. The summed E-state index contributed by atoms with van der Waals surface area (Å²) in [5, 5.41) is 8.91. The molecule has 0 spiro atoms. The molecule has 1 saturated heterocycles. The summed E-state index contributed by atoms with van der Waals surface area (Å²) in [4.78, 5) is 26.8. The zero-order chi connectivity index (χ0) is 13.7. The third kappa shape index (κ3) is 3.47. The van der Waals surface area contributed by atoms with Crippen molar-refractivity contribution in [3.8, 4) is 12.3 Å². The molecular weight excluding hydrogens is 232 g/mol. The number of terminal acetylenes is 1. The van der Waals surface area contributed by atoms with E-state index in [1.54, 1.807) is 18.7 Å². The number of hydrogen-bond donors (Lipinski definition) is 1. The molecular formula is C13H20N2O3. The van der Waals surface area contributed by atoms with E-state index in [2.05, 4.69) is 10.8 Å². The molecule has 0 saturated carbocycles. The Hall–Kier alpha value is -1.54. The van der Waals surface area contributed by atoms with Crippen LogP contribution < -0.4 is 0 Å². The number of carboxylic acids is 1. The Morgan fingerprint density at radius 2 is 1.78 bits per heavy atom. The molecule has 1 aliphatic heterocycles. The molecule has 0 aromatic rings. The van der Waals surface area contributed by atoms with Gasteiger partial charge in [0.2, 0.25) is 5.91 Å². The molecule has 0 aromatic carbocycles. The van der Waals surface area contributed by atoms with Crippen LogP contribution in [0.5, 0.6) is 0 Å². The van der Waals surface area contributed by atoms with Crippen molar-refractivity contribution < 1.29 is 14.7 Å². The third-order valence-corrected chi connectivity index (χ3v) is 3.53. The minimum absolute atomic E-state index is 0.0785. The van der Waals surface area contributed by atoms with Gasteiger partial charge >= 0.3 is 5.97 Å². The molecule has 2 atom stereocenters. The minimum atomic E-state index is -0.929. The fraction of sp³-hybridized carbons (Fsp3) is 0.692. The zero-order valence-corrected chi connectivity index (χ0v) is 10.9. The van der Waals surface area contributed by atoms with E-state index >= 15 is 0 Å². The SMILES string of the molecule is C#CCN1CCN(C(=O)C(C)C(C)C(=O)O)CC1. The van der Waals surface area contributed by atoms with Gasteiger partial charge in [0.1, 0.15) is 0 Å². The average Bonchev–Trinajstić information content (AvgIpc) is 2.37. The number of piperazine rings is 1. The summed E-state index contributed by atoms with van der Waals surface area (Å²) >= 11 is 0. The Kier molecular flexibility index (Phi) is 5.17. The monoisotopic (exact) mass is 252 g/mol. The highest BCUT2D eigenvalue weighted by molar-refractivity contribution is 5.84. The van der Waals surface area contributed by atoms with Crippen LogP contribution in [0.4, 0.5) is 0 Å². The molecule has 1 fully saturated rings. The van der Waals surface area contributed by atoms with E-state index in [-0.39, 0.29) is 5.91 Å². The van der Waals surface area contributed by atoms with Crippen molar-refractivity contribution >= 4 is 11.9 Å². The molecule has 1 N–H and O–H groups in total. The van der Waals surface area contributed by atoms with Gasteiger partial charge in [-0.2, -0.15) is 0 Å². The Balaban J connectivity index is 2.50. The molecule has 2 unspecified atom stereocenters. The number of carbonyl (C=O) groups excluding carboxylic acids is 1. The van der Waals surface area contributed by atoms with Gasteiger partial charge in [0.25, 0.3) is 0 Å². The van der Waals surface area contributed by atoms with Gasteiger partial charge in [0.05, 0.1) is 12.5 Å². The van der Waals surface area contributed by atoms with E-state index in [0.717, 1.165) is 13.1 Å². The molecule has 0 radical (unpaired) electrons. The quantitative estimate of drug-likeness (QED) is 0.722. The van der Waals surface area contributed by atoms with Gasteiger partial charge in [0, 0.05) is 32.1 Å². The highest BCUT2D eigenvalue weighted by Gasteiger charge is 2.30. The maximum atomic E-state index is 12.1. The second kappa shape index (κ2) is 6.41. The Morgan fingerprint density at radius 3 is 2.22 bits per heavy atom. The number of rotatable bonds is 4. The zero-order valence-electron chi connectivity index (χ0n) is 10.9. The molecule has 0 aliphatic carbocycles. The number of carbonyl (C=O) groups is 2. The number of nitrogens with zero attached hydrogens (tertiary/aromatic N) is 2. The van der Waals surface area contributed by atoms with Gasteiger partial charge < -0.3 is 10.0 Å². The summed E-state index contributed by atoms with van der Waals surface area (Å²) in [5.41, 5.74) is 0. The van der Waals surface area contributed by atoms with E-state index < -0.39 is 17.8 Å². The molecule has 0 aromatic heterocycles. The first-order chi connectivity index (χ1) is 8.47. The van der Waals surface area contributed by atoms with Gasteiger partial charge in [-0.15, -0.1) is 6.42 Å². The number of hydrogen-bond acceptors (Lipinski definition) is 3. The molecule has 18 heavy (non-hydrogen) atoms. The second-order valence-corrected chi connectivity index (χ2v) is 4.72. The maximum absolute atomic E-state index is 12.1. The van der Waals surface area contributed by atoms with Gasteiger partial charge in [-0.1, -0.05) is 19.8 Å². The fourth-order valence-corrected chi connectivity index (χ4v) is 1.97. The van der Waals surface area contributed by atoms with Crippen LogP contribution in [-0.4, -0.2) is 59.5 Å². The van der Waals surface area contributed by atoms with Gasteiger partial charge in [-0.3, -0.25) is 14.5 Å². The number of aliphatic carboxylic acids is 1. The lowest BCUT2D eigenvalue weighted by Crippen LogP contribution is -2.51. The maximum Gasteiger partial charge on any atom is 0.307 e. The number of carboxylic acid groups (broad SMARTS) is 1. The Morgan fingerprint density at radius 1 is 1.22 bits per heavy atom. The summed E-state index contributed by atoms with van der Waals surface area (Å²) < 4.78 is 0. The van der Waals surface area contributed by atoms with Crippen molar-refractivity contribution in [2.75, 3.05) is 32.7 Å². The molecule has 0 bridgehead atoms. The first-order valence-electron chi connectivity index (χ1n) is 6.14. The summed E-state index contributed by atoms with van der Waals surface area (Å²) in [6.07, 6.45) is 5.24. The van der Waals surface area contributed by atoms with E-state index in [1.165, 1.54) is 0 Å². The van der Waals surface area contributed by atoms with Crippen molar-refractivity contribution in [2.24, 2.45) is 11.8 Å². The first-order valence-corrected chi connectivity index (χ1v) is 6.14. The highest BCUT2D eigenvalue weighted by atomic mass is 16.4. The van der Waals surface area contributed by atoms with Crippen LogP contribution in [0, 0.1) is 24.2 Å². The van der Waals surface area contributed by atoms with Crippen LogP contribution in [0.2, 0.25) is 0 Å². The standard InChI is InChI=1S/C13H20N2O3/c1-4-5-14-6-8-15(9-7-14)12(16)10(2)11(3)13(17)18/h1,10-11H,5-9H2,2-3H3,(H,17,18). The van der Waals surface area contributed by atoms with Crippen molar-refractivity contribution in [1.82, 2.24) is 9.80 Å². The van der Waals surface area contributed by atoms with Crippen molar-refractivity contribution in [3.05, 3.63) is 0 Å². The van der Waals surface area contributed by atoms with E-state index in [1.807, 2.05) is 0 Å². The fourth-order valence-electron chi connectivity index (χ4n) is 1.97. The first kappa shape index (κ1) is 14.5. The van der Waals surface area contributed by atoms with Gasteiger partial charge in [-0.05, 0) is 0 Å². The molecule has 100 valence electrons. The normalized spacial score (nSPS) is 19.9. The van der Waals surface area contributed by atoms with Crippen LogP contribution in [0.15, 0.2) is 0 Å². The Labute approximate surface area is 108 Å². The summed E-state index contributed by atoms with van der Waals surface area (Å²) in [6, 6.07) is 0. The predicted octanol–water partition coefficient (Wildman–Crippen LogP) is 0.121. The minimum Gasteiger partial charge on any atom is -0.481 e. The summed E-state index contributed by atoms with van der Waals surface area (Å²) in [6.45, 7) is 6.60. The van der Waals surface area contributed by atoms with Crippen molar-refractivity contribution in [3.63, 3.8) is 0 Å². The molecule has 5 heteroatoms. The number of amides is 1. The third-order valence-electron chi connectivity index (χ3n) is 3.53. The topological polar surface area (TPSA) is 60.9 Å². The molecule has 1 rings (SSSR count). The van der Waals surface area contributed by atoms with Crippen molar-refractivity contribution in [1.29, 1.82) is 0 Å². The lowest BCUT2D eigenvalue weighted by Gasteiger charge is -2.35. The lowest BCUT2D eigenvalue weighted by atomic mass is 9.94. The van der Waals surface area contributed by atoms with Crippen LogP contribution in [-0.2, 0) is 9.59 Å². The Bertz CT molecular complexity index is 354. The van der Waals surface area contributed by atoms with Crippen LogP contribution in [0.1, 0.15) is 13.8 Å². The van der Waals surface area contributed by atoms with Gasteiger partial charge in [0.15, 0.2) is 0 Å². The summed E-state index contributed by atoms with van der Waals surface area (Å²) in [5.74, 6) is 0.439. The average molecular weight is 252 g/mol. The highest BCUT2D eigenvalue weighted by Crippen LogP contribution is 2.15.